The van der Waals surface area contributed by atoms with Gasteiger partial charge in [0.25, 0.3) is 5.91 Å². The Bertz CT molecular complexity index is 500. The lowest BCUT2D eigenvalue weighted by Crippen LogP contribution is -2.65. The van der Waals surface area contributed by atoms with Crippen molar-refractivity contribution in [3.05, 3.63) is 0 Å². The van der Waals surface area contributed by atoms with E-state index in [0.29, 0.717) is 0 Å². The first-order valence-corrected chi connectivity index (χ1v) is 8.80. The fourth-order valence-electron chi connectivity index (χ4n) is 3.51. The van der Waals surface area contributed by atoms with Crippen molar-refractivity contribution in [3.63, 3.8) is 0 Å². The van der Waals surface area contributed by atoms with Crippen LogP contribution in [0.25, 0.3) is 0 Å². The summed E-state index contributed by atoms with van der Waals surface area (Å²) in [6.45, 7) is 5.76. The normalized spacial score (nSPS) is 34.5. The van der Waals surface area contributed by atoms with E-state index in [0.717, 1.165) is 13.1 Å². The molecule has 0 bridgehead atoms. The average Bonchev–Trinajstić information content (AvgIpc) is 2.60. The third kappa shape index (κ3) is 2.59. The van der Waals surface area contributed by atoms with Crippen molar-refractivity contribution in [1.29, 1.82) is 0 Å². The van der Waals surface area contributed by atoms with Gasteiger partial charge in [-0.2, -0.15) is 0 Å². The summed E-state index contributed by atoms with van der Waals surface area (Å²) in [5.74, 6) is -1.08. The molecule has 1 amide bonds. The molecule has 3 rings (SSSR count). The number of hydrogen-bond acceptors (Lipinski definition) is 4. The van der Waals surface area contributed by atoms with Crippen LogP contribution < -0.4 is 0 Å². The third-order valence-electron chi connectivity index (χ3n) is 4.68. The van der Waals surface area contributed by atoms with Crippen molar-refractivity contribution in [1.82, 2.24) is 9.80 Å². The predicted molar refractivity (Wildman–Crippen MR) is 86.0 cm³/mol. The van der Waals surface area contributed by atoms with Gasteiger partial charge in [0.15, 0.2) is 6.04 Å². The van der Waals surface area contributed by atoms with Gasteiger partial charge in [-0.1, -0.05) is 12.8 Å². The molecule has 7 heteroatoms. The largest absolute Gasteiger partial charge is 0.480 e. The molecule has 0 aromatic carbocycles. The van der Waals surface area contributed by atoms with Crippen molar-refractivity contribution in [2.45, 2.75) is 61.7 Å². The van der Waals surface area contributed by atoms with Gasteiger partial charge in [-0.25, -0.2) is 4.79 Å². The summed E-state index contributed by atoms with van der Waals surface area (Å²) in [5.41, 5.74) is 0. The van der Waals surface area contributed by atoms with E-state index in [1.807, 2.05) is 20.2 Å². The van der Waals surface area contributed by atoms with Crippen molar-refractivity contribution in [2.24, 2.45) is 4.99 Å². The van der Waals surface area contributed by atoms with Gasteiger partial charge >= 0.3 is 5.97 Å². The number of fused-ring (bicyclic) bond motifs is 1. The zero-order valence-electron chi connectivity index (χ0n) is 13.1. The number of nitrogens with zero attached hydrogens (tertiary/aromatic N) is 3. The van der Waals surface area contributed by atoms with Gasteiger partial charge in [0.2, 0.25) is 0 Å². The van der Waals surface area contributed by atoms with Crippen LogP contribution >= 0.6 is 11.8 Å². The second-order valence-electron chi connectivity index (χ2n) is 6.76. The second-order valence-corrected chi connectivity index (χ2v) is 8.53. The highest BCUT2D eigenvalue weighted by Gasteiger charge is 2.63. The van der Waals surface area contributed by atoms with E-state index in [4.69, 9.17) is 0 Å². The zero-order valence-corrected chi connectivity index (χ0v) is 13.9. The van der Waals surface area contributed by atoms with Gasteiger partial charge in [0.05, 0.1) is 6.34 Å². The fourth-order valence-corrected chi connectivity index (χ4v) is 5.13. The maximum Gasteiger partial charge on any atom is 0.327 e. The summed E-state index contributed by atoms with van der Waals surface area (Å²) < 4.78 is -0.473. The quantitative estimate of drug-likeness (QED) is 0.482. The Morgan fingerprint density at radius 1 is 1.32 bits per heavy atom. The topological polar surface area (TPSA) is 73.2 Å². The molecule has 0 aliphatic carbocycles. The highest BCUT2D eigenvalue weighted by Crippen LogP contribution is 2.51. The molecule has 0 aromatic heterocycles. The lowest BCUT2D eigenvalue weighted by atomic mass is 9.96. The summed E-state index contributed by atoms with van der Waals surface area (Å²) in [6, 6.07) is -1.17. The van der Waals surface area contributed by atoms with E-state index in [-0.39, 0.29) is 11.3 Å². The first-order chi connectivity index (χ1) is 10.4. The molecule has 3 fully saturated rings. The molecule has 3 atom stereocenters. The van der Waals surface area contributed by atoms with E-state index in [9.17, 15) is 14.7 Å². The van der Waals surface area contributed by atoms with Gasteiger partial charge in [-0.15, -0.1) is 11.8 Å². The lowest BCUT2D eigenvalue weighted by Gasteiger charge is -2.41. The molecule has 0 saturated carbocycles. The lowest BCUT2D eigenvalue weighted by molar-refractivity contribution is -0.158. The Hall–Kier alpha value is -1.24. The van der Waals surface area contributed by atoms with Crippen LogP contribution in [0.4, 0.5) is 0 Å². The van der Waals surface area contributed by atoms with Crippen LogP contribution in [0.1, 0.15) is 39.5 Å². The Labute approximate surface area is 134 Å². The maximum absolute atomic E-state index is 12.3. The van der Waals surface area contributed by atoms with Crippen LogP contribution in [0.2, 0.25) is 0 Å². The van der Waals surface area contributed by atoms with Crippen LogP contribution in [-0.2, 0) is 9.59 Å². The first kappa shape index (κ1) is 15.6. The average molecular weight is 325 g/mol. The maximum atomic E-state index is 12.3. The van der Waals surface area contributed by atoms with Crippen molar-refractivity contribution in [2.75, 3.05) is 13.1 Å². The molecule has 0 unspecified atom stereocenters. The zero-order chi connectivity index (χ0) is 15.9. The number of carboxylic acid groups (broad SMARTS) is 1. The minimum Gasteiger partial charge on any atom is -0.480 e. The van der Waals surface area contributed by atoms with Gasteiger partial charge in [0.1, 0.15) is 11.4 Å². The molecule has 122 valence electrons. The molecule has 3 aliphatic rings. The van der Waals surface area contributed by atoms with E-state index in [1.54, 1.807) is 11.8 Å². The van der Waals surface area contributed by atoms with Crippen LogP contribution in [-0.4, -0.2) is 68.4 Å². The molecule has 6 nitrogen and oxygen atoms in total. The highest BCUT2D eigenvalue weighted by atomic mass is 32.2. The molecule has 3 heterocycles. The summed E-state index contributed by atoms with van der Waals surface area (Å²) in [7, 11) is 0. The third-order valence-corrected chi connectivity index (χ3v) is 6.24. The smallest absolute Gasteiger partial charge is 0.327 e. The number of likely N-dealkylation sites (tertiary alicyclic amines) is 1. The van der Waals surface area contributed by atoms with Gasteiger partial charge in [-0.05, 0) is 26.7 Å². The van der Waals surface area contributed by atoms with Crippen LogP contribution in [0.3, 0.4) is 0 Å². The van der Waals surface area contributed by atoms with Gasteiger partial charge in [-0.3, -0.25) is 9.79 Å². The highest BCUT2D eigenvalue weighted by molar-refractivity contribution is 8.01. The number of hydrogen-bond donors (Lipinski definition) is 1. The molecule has 0 radical (unpaired) electrons. The number of β-lactam (4-membered cyclic amide) rings is 1. The Morgan fingerprint density at radius 2 is 1.95 bits per heavy atom. The minimum atomic E-state index is -0.928. The number of carbonyl (C=O) groups excluding carboxylic acids is 1. The molecule has 0 spiro atoms. The summed E-state index contributed by atoms with van der Waals surface area (Å²) >= 11 is 1.55. The number of amides is 1. The van der Waals surface area contributed by atoms with Crippen molar-refractivity contribution in [3.8, 4) is 0 Å². The molecule has 1 N–H and O–H groups in total. The molecule has 3 saturated heterocycles. The fraction of sp³-hybridized carbons (Fsp3) is 0.800. The second kappa shape index (κ2) is 5.76. The molecule has 0 aromatic rings. The molecule has 22 heavy (non-hydrogen) atoms. The Kier molecular flexibility index (Phi) is 4.09. The number of aliphatic imine (C=N–C) groups is 1. The number of thioether (sulfide) groups is 1. The van der Waals surface area contributed by atoms with Crippen molar-refractivity contribution < 1.29 is 14.7 Å². The van der Waals surface area contributed by atoms with Gasteiger partial charge in [0, 0.05) is 17.8 Å². The number of aliphatic carboxylic acids is 1. The van der Waals surface area contributed by atoms with Crippen LogP contribution in [0.5, 0.6) is 0 Å². The van der Waals surface area contributed by atoms with Crippen LogP contribution in [0.15, 0.2) is 4.99 Å². The van der Waals surface area contributed by atoms with Crippen LogP contribution in [0, 0.1) is 0 Å². The molecular weight excluding hydrogens is 302 g/mol. The monoisotopic (exact) mass is 325 g/mol. The molecular formula is C15H23N3O3S. The number of carbonyl (C=O) groups is 2. The van der Waals surface area contributed by atoms with Gasteiger partial charge < -0.3 is 14.9 Å². The Balaban J connectivity index is 1.68. The SMILES string of the molecule is CC1(C)S[C@H]2[C@H](N=CN3CCCCCC3)C(=O)N2[C@H]1C(=O)O. The van der Waals surface area contributed by atoms with E-state index in [1.165, 1.54) is 30.6 Å². The number of carboxylic acids is 1. The molecule has 3 aliphatic heterocycles. The minimum absolute atomic E-state index is 0.133. The first-order valence-electron chi connectivity index (χ1n) is 7.92. The standard InChI is InChI=1S/C15H23N3O3S/c1-15(2)11(14(20)21)18-12(19)10(13(18)22-15)16-9-17-7-5-3-4-6-8-17/h9-11,13H,3-8H2,1-2H3,(H,20,21)/t10-,11+,13+/m1/s1. The Morgan fingerprint density at radius 3 is 2.55 bits per heavy atom. The van der Waals surface area contributed by atoms with E-state index < -0.39 is 22.8 Å². The van der Waals surface area contributed by atoms with E-state index >= 15 is 0 Å². The van der Waals surface area contributed by atoms with E-state index in [2.05, 4.69) is 9.89 Å². The number of rotatable bonds is 3. The summed E-state index contributed by atoms with van der Waals surface area (Å²) in [6.07, 6.45) is 6.67. The summed E-state index contributed by atoms with van der Waals surface area (Å²) in [4.78, 5) is 31.9. The summed E-state index contributed by atoms with van der Waals surface area (Å²) in [5, 5.41) is 9.25. The van der Waals surface area contributed by atoms with Crippen molar-refractivity contribution >= 4 is 30.0 Å². The predicted octanol–water partition coefficient (Wildman–Crippen LogP) is 1.41.